The van der Waals surface area contributed by atoms with Gasteiger partial charge in [0.25, 0.3) is 0 Å². The van der Waals surface area contributed by atoms with Crippen LogP contribution in [0.4, 0.5) is 0 Å². The van der Waals surface area contributed by atoms with Crippen molar-refractivity contribution >= 4 is 59.0 Å². The third-order valence-electron chi connectivity index (χ3n) is 4.76. The molecule has 0 aromatic heterocycles. The molecule has 30 heavy (non-hydrogen) atoms. The van der Waals surface area contributed by atoms with Gasteiger partial charge in [-0.2, -0.15) is 0 Å². The fourth-order valence-corrected chi connectivity index (χ4v) is 3.75. The fraction of sp³-hybridized carbons (Fsp3) is 0.364. The summed E-state index contributed by atoms with van der Waals surface area (Å²) in [5.41, 5.74) is 3.20. The summed E-state index contributed by atoms with van der Waals surface area (Å²) in [5.74, 6) is 0.964. The first-order valence-electron chi connectivity index (χ1n) is 9.87. The average Bonchev–Trinajstić information content (AvgIpc) is 3.10. The van der Waals surface area contributed by atoms with Crippen molar-refractivity contribution in [3.63, 3.8) is 0 Å². The van der Waals surface area contributed by atoms with Gasteiger partial charge in [-0.3, -0.25) is 4.79 Å². The van der Waals surface area contributed by atoms with E-state index >= 15 is 0 Å². The second kappa shape index (κ2) is 12.4. The predicted octanol–water partition coefficient (Wildman–Crippen LogP) is 4.99. The van der Waals surface area contributed by atoms with Crippen molar-refractivity contribution in [3.05, 3.63) is 69.2 Å². The van der Waals surface area contributed by atoms with Gasteiger partial charge in [-0.15, -0.1) is 24.0 Å². The zero-order valence-electron chi connectivity index (χ0n) is 17.0. The van der Waals surface area contributed by atoms with Crippen molar-refractivity contribution in [1.29, 1.82) is 0 Å². The molecule has 1 fully saturated rings. The normalized spacial score (nSPS) is 13.9. The molecule has 1 aliphatic rings. The van der Waals surface area contributed by atoms with Gasteiger partial charge in [0.2, 0.25) is 5.91 Å². The number of amides is 1. The van der Waals surface area contributed by atoms with E-state index < -0.39 is 0 Å². The molecule has 0 unspecified atom stereocenters. The maximum absolute atomic E-state index is 11.9. The van der Waals surface area contributed by atoms with Gasteiger partial charge in [-0.25, -0.2) is 4.99 Å². The van der Waals surface area contributed by atoms with Crippen LogP contribution in [0, 0.1) is 0 Å². The molecular weight excluding hydrogens is 534 g/mol. The van der Waals surface area contributed by atoms with E-state index in [1.807, 2.05) is 30.0 Å². The molecular formula is C22H27Cl2IN4O. The summed E-state index contributed by atoms with van der Waals surface area (Å²) in [4.78, 5) is 18.5. The van der Waals surface area contributed by atoms with Crippen molar-refractivity contribution in [2.45, 2.75) is 39.4 Å². The van der Waals surface area contributed by atoms with Crippen LogP contribution in [-0.4, -0.2) is 29.9 Å². The molecule has 1 aliphatic heterocycles. The highest BCUT2D eigenvalue weighted by Gasteiger charge is 2.19. The predicted molar refractivity (Wildman–Crippen MR) is 135 cm³/mol. The van der Waals surface area contributed by atoms with Crippen LogP contribution in [0.5, 0.6) is 0 Å². The SMILES string of the molecule is CCNC(=NCc1cccc(CN2CCCC2=O)c1)NCc1ccc(Cl)cc1Cl.I. The quantitative estimate of drug-likeness (QED) is 0.285. The standard InChI is InChI=1S/C22H26Cl2N4O.HI/c1-2-25-22(27-14-18-8-9-19(23)12-20(18)24)26-13-16-5-3-6-17(11-16)15-28-10-4-7-21(28)29;/h3,5-6,8-9,11-12H,2,4,7,10,13-15H2,1H3,(H2,25,26,27);1H. The summed E-state index contributed by atoms with van der Waals surface area (Å²) in [5, 5.41) is 7.80. The largest absolute Gasteiger partial charge is 0.357 e. The molecule has 2 aromatic carbocycles. The van der Waals surface area contributed by atoms with Crippen molar-refractivity contribution < 1.29 is 4.79 Å². The van der Waals surface area contributed by atoms with E-state index in [4.69, 9.17) is 23.2 Å². The van der Waals surface area contributed by atoms with Gasteiger partial charge in [-0.05, 0) is 42.2 Å². The van der Waals surface area contributed by atoms with Gasteiger partial charge in [0.1, 0.15) is 0 Å². The lowest BCUT2D eigenvalue weighted by Crippen LogP contribution is -2.36. The molecule has 2 N–H and O–H groups in total. The van der Waals surface area contributed by atoms with E-state index in [1.54, 1.807) is 6.07 Å². The molecule has 8 heteroatoms. The minimum absolute atomic E-state index is 0. The van der Waals surface area contributed by atoms with Crippen molar-refractivity contribution in [3.8, 4) is 0 Å². The minimum Gasteiger partial charge on any atom is -0.357 e. The molecule has 5 nitrogen and oxygen atoms in total. The second-order valence-corrected chi connectivity index (χ2v) is 7.87. The smallest absolute Gasteiger partial charge is 0.222 e. The summed E-state index contributed by atoms with van der Waals surface area (Å²) in [6, 6.07) is 13.7. The Morgan fingerprint density at radius 1 is 1.13 bits per heavy atom. The third kappa shape index (κ3) is 7.32. The topological polar surface area (TPSA) is 56.7 Å². The Labute approximate surface area is 205 Å². The zero-order chi connectivity index (χ0) is 20.6. The highest BCUT2D eigenvalue weighted by Crippen LogP contribution is 2.20. The molecule has 2 aromatic rings. The molecule has 0 atom stereocenters. The van der Waals surface area contributed by atoms with E-state index in [-0.39, 0.29) is 29.9 Å². The maximum Gasteiger partial charge on any atom is 0.222 e. The Morgan fingerprint density at radius 2 is 1.93 bits per heavy atom. The highest BCUT2D eigenvalue weighted by molar-refractivity contribution is 14.0. The number of rotatable bonds is 7. The Morgan fingerprint density at radius 3 is 2.63 bits per heavy atom. The van der Waals surface area contributed by atoms with E-state index in [2.05, 4.69) is 33.8 Å². The van der Waals surface area contributed by atoms with Crippen molar-refractivity contribution in [2.75, 3.05) is 13.1 Å². The lowest BCUT2D eigenvalue weighted by Gasteiger charge is -2.16. The van der Waals surface area contributed by atoms with Gasteiger partial charge >= 0.3 is 0 Å². The average molecular weight is 561 g/mol. The van der Waals surface area contributed by atoms with Gasteiger partial charge in [0.05, 0.1) is 6.54 Å². The van der Waals surface area contributed by atoms with Crippen molar-refractivity contribution in [1.82, 2.24) is 15.5 Å². The Balaban J connectivity index is 0.00000320. The first kappa shape index (κ1) is 24.8. The third-order valence-corrected chi connectivity index (χ3v) is 5.35. The number of hydrogen-bond acceptors (Lipinski definition) is 2. The van der Waals surface area contributed by atoms with Gasteiger partial charge in [-0.1, -0.05) is 53.5 Å². The summed E-state index contributed by atoms with van der Waals surface area (Å²) in [6.45, 7) is 5.41. The molecule has 0 saturated carbocycles. The Hall–Kier alpha value is -1.51. The van der Waals surface area contributed by atoms with E-state index in [0.29, 0.717) is 36.1 Å². The Bertz CT molecular complexity index is 891. The highest BCUT2D eigenvalue weighted by atomic mass is 127. The molecule has 1 heterocycles. The van der Waals surface area contributed by atoms with Crippen LogP contribution in [0.2, 0.25) is 10.0 Å². The summed E-state index contributed by atoms with van der Waals surface area (Å²) >= 11 is 12.2. The monoisotopic (exact) mass is 560 g/mol. The summed E-state index contributed by atoms with van der Waals surface area (Å²) < 4.78 is 0. The van der Waals surface area contributed by atoms with Crippen LogP contribution in [0.15, 0.2) is 47.5 Å². The molecule has 0 bridgehead atoms. The Kier molecular flexibility index (Phi) is 10.2. The van der Waals surface area contributed by atoms with E-state index in [1.165, 1.54) is 0 Å². The van der Waals surface area contributed by atoms with Crippen LogP contribution in [0.3, 0.4) is 0 Å². The zero-order valence-corrected chi connectivity index (χ0v) is 20.8. The van der Waals surface area contributed by atoms with Gasteiger partial charge < -0.3 is 15.5 Å². The number of aliphatic imine (C=N–C) groups is 1. The number of nitrogens with one attached hydrogen (secondary N) is 2. The van der Waals surface area contributed by atoms with Crippen LogP contribution in [0.25, 0.3) is 0 Å². The number of hydrogen-bond donors (Lipinski definition) is 2. The summed E-state index contributed by atoms with van der Waals surface area (Å²) in [6.07, 6.45) is 1.62. The first-order valence-corrected chi connectivity index (χ1v) is 10.6. The lowest BCUT2D eigenvalue weighted by atomic mass is 10.1. The molecule has 0 aliphatic carbocycles. The summed E-state index contributed by atoms with van der Waals surface area (Å²) in [7, 11) is 0. The van der Waals surface area contributed by atoms with Gasteiger partial charge in [0, 0.05) is 42.6 Å². The lowest BCUT2D eigenvalue weighted by molar-refractivity contribution is -0.128. The number of likely N-dealkylation sites (tertiary alicyclic amines) is 1. The first-order chi connectivity index (χ1) is 14.0. The second-order valence-electron chi connectivity index (χ2n) is 7.02. The number of carbonyl (C=O) groups excluding carboxylic acids is 1. The molecule has 3 rings (SSSR count). The van der Waals surface area contributed by atoms with Crippen LogP contribution >= 0.6 is 47.2 Å². The number of carbonyl (C=O) groups is 1. The maximum atomic E-state index is 11.9. The van der Waals surface area contributed by atoms with E-state index in [0.717, 1.165) is 42.2 Å². The van der Waals surface area contributed by atoms with Crippen molar-refractivity contribution in [2.24, 2.45) is 4.99 Å². The number of nitrogens with zero attached hydrogens (tertiary/aromatic N) is 2. The number of benzene rings is 2. The van der Waals surface area contributed by atoms with E-state index in [9.17, 15) is 4.79 Å². The number of halogens is 3. The molecule has 162 valence electrons. The molecule has 1 amide bonds. The molecule has 1 saturated heterocycles. The van der Waals surface area contributed by atoms with Crippen LogP contribution in [-0.2, 0) is 24.4 Å². The van der Waals surface area contributed by atoms with Crippen LogP contribution in [0.1, 0.15) is 36.5 Å². The minimum atomic E-state index is 0. The molecule has 0 spiro atoms. The fourth-order valence-electron chi connectivity index (χ4n) is 3.27. The molecule has 0 radical (unpaired) electrons. The number of guanidine groups is 1. The van der Waals surface area contributed by atoms with Gasteiger partial charge in [0.15, 0.2) is 5.96 Å². The van der Waals surface area contributed by atoms with Crippen LogP contribution < -0.4 is 10.6 Å².